The van der Waals surface area contributed by atoms with Crippen molar-refractivity contribution in [2.45, 2.75) is 47.2 Å². The van der Waals surface area contributed by atoms with E-state index in [-0.39, 0.29) is 77.5 Å². The third-order valence-electron chi connectivity index (χ3n) is 21.2. The first kappa shape index (κ1) is 89.0. The maximum absolute atomic E-state index is 14.4. The number of rotatable bonds is 6. The Kier molecular flexibility index (Phi) is 25.8. The van der Waals surface area contributed by atoms with E-state index in [4.69, 9.17) is 35.3 Å². The van der Waals surface area contributed by atoms with Crippen LogP contribution in [0.2, 0.25) is 5.02 Å². The summed E-state index contributed by atoms with van der Waals surface area (Å²) < 4.78 is 91.0. The number of ether oxygens (including phenoxy) is 5. The highest BCUT2D eigenvalue weighted by atomic mass is 35.5. The summed E-state index contributed by atoms with van der Waals surface area (Å²) in [4.78, 5) is 84.8. The zero-order valence-corrected chi connectivity index (χ0v) is 73.4. The quantitative estimate of drug-likeness (QED) is 0.0688. The fraction of sp³-hybridized carbons (Fsp3) is 0.253. The molecule has 20 rings (SSSR count). The Bertz CT molecular complexity index is 6610. The number of carbonyl (C=O) groups is 5. The lowest BCUT2D eigenvalue weighted by atomic mass is 10.1. The Morgan fingerprint density at radius 3 is 1.09 bits per heavy atom. The van der Waals surface area contributed by atoms with Crippen LogP contribution in [0.15, 0.2) is 134 Å². The van der Waals surface area contributed by atoms with Gasteiger partial charge in [0.2, 0.25) is 0 Å². The molecule has 0 fully saturated rings. The van der Waals surface area contributed by atoms with E-state index < -0.39 is 23.5 Å². The summed E-state index contributed by atoms with van der Waals surface area (Å²) in [5, 5.41) is 66.3. The number of hydrogen-bond acceptors (Lipinski definition) is 30. The minimum Gasteiger partial charge on any atom is -0.492 e. The Morgan fingerprint density at radius 2 is 0.705 bits per heavy atom. The van der Waals surface area contributed by atoms with Crippen LogP contribution in [0.4, 0.5) is 104 Å². The molecule has 15 N–H and O–H groups in total. The smallest absolute Gasteiger partial charge is 0.418 e. The molecule has 40 nitrogen and oxygen atoms in total. The zero-order chi connectivity index (χ0) is 92.8. The molecule has 45 heteroatoms. The van der Waals surface area contributed by atoms with Crippen molar-refractivity contribution in [3.8, 4) is 28.7 Å². The van der Waals surface area contributed by atoms with E-state index in [1.54, 1.807) is 73.9 Å². The van der Waals surface area contributed by atoms with Crippen LogP contribution in [-0.2, 0) is 12.6 Å². The summed E-state index contributed by atoms with van der Waals surface area (Å²) in [5.41, 5.74) is 10.2. The number of nitrogens with zero attached hydrogens (tertiary/aromatic N) is 15. The second-order valence-electron chi connectivity index (χ2n) is 30.0. The number of nitrogens with one attached hydrogen (secondary N) is 15. The summed E-state index contributed by atoms with van der Waals surface area (Å²) in [7, 11) is 8.74. The van der Waals surface area contributed by atoms with Gasteiger partial charge in [0.15, 0.2) is 28.2 Å². The van der Waals surface area contributed by atoms with Gasteiger partial charge in [-0.05, 0) is 92.3 Å². The summed E-state index contributed by atoms with van der Waals surface area (Å²) in [5.74, 6) is 6.70. The van der Waals surface area contributed by atoms with Crippen LogP contribution in [0.5, 0.6) is 28.7 Å². The lowest BCUT2D eigenvalue weighted by molar-refractivity contribution is -0.137. The molecule has 0 spiro atoms. The average molecular weight is 1830 g/mol. The number of aryl methyl sites for hydroxylation is 5. The summed E-state index contributed by atoms with van der Waals surface area (Å²) in [6, 6.07) is 28.8. The van der Waals surface area contributed by atoms with Crippen molar-refractivity contribution in [2.24, 2.45) is 0 Å². The van der Waals surface area contributed by atoms with E-state index in [0.29, 0.717) is 159 Å². The molecule has 20 bridgehead atoms. The highest BCUT2D eigenvalue weighted by Crippen LogP contribution is 2.41. The molecule has 0 saturated heterocycles. The summed E-state index contributed by atoms with van der Waals surface area (Å²) in [6.07, 6.45) is 3.66. The molecule has 5 aliphatic heterocycles. The van der Waals surface area contributed by atoms with E-state index in [1.807, 2.05) is 69.3 Å². The van der Waals surface area contributed by atoms with E-state index >= 15 is 0 Å². The summed E-state index contributed by atoms with van der Waals surface area (Å²) >= 11 is 6.38. The van der Waals surface area contributed by atoms with E-state index in [9.17, 15) is 41.5 Å². The van der Waals surface area contributed by atoms with Crippen LogP contribution >= 0.6 is 11.6 Å². The molecular formula is C87H89ClF4N30O10. The molecule has 5 amide bonds. The number of anilines is 15. The van der Waals surface area contributed by atoms with Crippen molar-refractivity contribution in [2.75, 3.05) is 154 Å². The second-order valence-corrected chi connectivity index (χ2v) is 30.4. The predicted molar refractivity (Wildman–Crippen MR) is 489 cm³/mol. The second kappa shape index (κ2) is 38.2. The lowest BCUT2D eigenvalue weighted by Gasteiger charge is -2.16. The number of hydrogen-bond donors (Lipinski definition) is 15. The van der Waals surface area contributed by atoms with Crippen LogP contribution in [0.25, 0.3) is 28.2 Å². The van der Waals surface area contributed by atoms with E-state index in [0.717, 1.165) is 69.3 Å². The van der Waals surface area contributed by atoms with Gasteiger partial charge in [-0.15, -0.1) is 0 Å². The first-order chi connectivity index (χ1) is 63.7. The number of aromatic nitrogens is 15. The third kappa shape index (κ3) is 18.9. The van der Waals surface area contributed by atoms with Crippen molar-refractivity contribution in [3.05, 3.63) is 206 Å². The van der Waals surface area contributed by atoms with Crippen molar-refractivity contribution >= 4 is 156 Å². The molecule has 0 radical (unpaired) electrons. The maximum atomic E-state index is 14.4. The molecule has 5 aliphatic rings. The van der Waals surface area contributed by atoms with Gasteiger partial charge in [-0.1, -0.05) is 30.7 Å². The monoisotopic (exact) mass is 1820 g/mol. The number of carbonyl (C=O) groups excluding carboxylic acids is 5. The zero-order valence-electron chi connectivity index (χ0n) is 72.7. The molecule has 0 saturated carbocycles. The first-order valence-electron chi connectivity index (χ1n) is 41.5. The highest BCUT2D eigenvalue weighted by molar-refractivity contribution is 6.33. The van der Waals surface area contributed by atoms with Gasteiger partial charge in [0.05, 0.1) is 91.4 Å². The van der Waals surface area contributed by atoms with Gasteiger partial charge in [0.1, 0.15) is 154 Å². The van der Waals surface area contributed by atoms with Gasteiger partial charge in [-0.3, -0.25) is 24.0 Å². The fourth-order valence-corrected chi connectivity index (χ4v) is 14.9. The third-order valence-corrected chi connectivity index (χ3v) is 21.5. The SMILES string of the molecule is CCc1ccc2cc1OCCNC(=O)c1cnn3c(NC)cc(nc13)N2.CNc1cc2nc3c(cnn13)C(=O)NCCOc1cc(c(C)cc1C)N2.CNc1cc2nc3c(cnn13)C(=O)NCCOc1cc(c(Cl)cc1C)N2.CNc1cc2nc3c(cnn13)C(=O)NCCOc1cc(c(F)cc1C)N2.CNc1cc2nc3c(cnn13)C(=O)NCCOc1ccc(C(F)(F)F)c(c1)N2. The van der Waals surface area contributed by atoms with Crippen LogP contribution in [0.3, 0.4) is 0 Å². The minimum absolute atomic E-state index is 0.0910. The Morgan fingerprint density at radius 1 is 0.371 bits per heavy atom. The molecule has 132 heavy (non-hydrogen) atoms. The van der Waals surface area contributed by atoms with Crippen LogP contribution in [0.1, 0.15) is 92.1 Å². The molecule has 0 unspecified atom stereocenters. The molecule has 10 aromatic heterocycles. The molecule has 15 heterocycles. The van der Waals surface area contributed by atoms with Gasteiger partial charge in [0.25, 0.3) is 29.5 Å². The van der Waals surface area contributed by atoms with Gasteiger partial charge in [-0.2, -0.15) is 61.2 Å². The summed E-state index contributed by atoms with van der Waals surface area (Å²) in [6.45, 7) is 12.9. The van der Waals surface area contributed by atoms with Crippen LogP contribution < -0.4 is 103 Å². The van der Waals surface area contributed by atoms with Crippen molar-refractivity contribution in [1.82, 2.24) is 99.6 Å². The van der Waals surface area contributed by atoms with Crippen LogP contribution in [0, 0.1) is 33.5 Å². The maximum Gasteiger partial charge on any atom is 0.418 e. The van der Waals surface area contributed by atoms with E-state index in [2.05, 4.69) is 143 Å². The highest BCUT2D eigenvalue weighted by Gasteiger charge is 2.35. The minimum atomic E-state index is -4.57. The van der Waals surface area contributed by atoms with Crippen molar-refractivity contribution in [1.29, 1.82) is 0 Å². The average Bonchev–Trinajstić information content (AvgIpc) is 1.63. The Balaban J connectivity index is 0.000000120. The Hall–Kier alpha value is -16.4. The number of halogens is 5. The van der Waals surface area contributed by atoms with Gasteiger partial charge >= 0.3 is 6.18 Å². The first-order valence-corrected chi connectivity index (χ1v) is 41.9. The number of benzene rings is 5. The van der Waals surface area contributed by atoms with Gasteiger partial charge < -0.3 is 103 Å². The molecule has 0 aliphatic carbocycles. The molecule has 5 aromatic carbocycles. The normalized spacial score (nSPS) is 14.0. The van der Waals surface area contributed by atoms with Crippen molar-refractivity contribution < 1.29 is 65.2 Å². The van der Waals surface area contributed by atoms with Gasteiger partial charge in [0, 0.05) is 107 Å². The fourth-order valence-electron chi connectivity index (χ4n) is 14.6. The predicted octanol–water partition coefficient (Wildman–Crippen LogP) is 11.8. The number of amides is 5. The lowest BCUT2D eigenvalue weighted by Crippen LogP contribution is -2.28. The molecule has 15 aromatic rings. The van der Waals surface area contributed by atoms with Crippen LogP contribution in [-0.4, -0.2) is 204 Å². The largest absolute Gasteiger partial charge is 0.492 e. The molecule has 682 valence electrons. The molecular weight excluding hydrogens is 1740 g/mol. The van der Waals surface area contributed by atoms with Gasteiger partial charge in [-0.25, -0.2) is 29.3 Å². The van der Waals surface area contributed by atoms with E-state index in [1.165, 1.54) is 64.3 Å². The topological polar surface area (TPSA) is 463 Å². The Labute approximate surface area is 753 Å². The number of fused-ring (bicyclic) bond motifs is 15. The molecule has 0 atom stereocenters. The standard InChI is InChI=1S/2C18H20N6O2.C17H17ClN6O2.C17H15F3N6O2.C17H17FN6O2/c1-10-6-11(2)14-7-13(10)22-15-8-16(19-3)24-17(23-15)12(9-21-24)18(25)20-4-5-26-14;1-3-11-4-5-12-8-14(11)26-7-6-20-18(25)13-10-21-24-16(19-2)9-15(22-12)23-17(13)24;1-9-5-11(18)12-6-13(9)26-4-3-20-17(25)10-8-21-24-15(19-2)7-14(22-12)23-16(10)24;1-21-14-7-13-24-12-6-9(2-3-11(12)17(18,19)20)28-5-4-22-16(27)10-8-23-26(14)15(10)25-13;1-9-5-11(18)12-6-13(9)26-4-3-20-17(25)10-8-21-24-15(19-2)7-14(22-12)23-16(10)24/h6-9,19H,4-5H2,1-3H3,(H,20,25)(H,22,23);4-5,8-10,19H,3,6-7H2,1-2H3,(H,20,25)(H,22,23);5-8,19H,3-4H2,1-2H3,(H,20,25)(H,22,23);2-3,6-8,21H,4-5H2,1H3,(H,22,27)(H,24,25);5-8,19H,3-4H2,1-2H3,(H,20,25)(H,22,23). The van der Waals surface area contributed by atoms with Crippen molar-refractivity contribution in [3.63, 3.8) is 0 Å². The number of alkyl halides is 3.